The van der Waals surface area contributed by atoms with Gasteiger partial charge in [-0.15, -0.1) is 0 Å². The summed E-state index contributed by atoms with van der Waals surface area (Å²) < 4.78 is 18.0. The normalized spacial score (nSPS) is 10.8. The number of ether oxygens (including phenoxy) is 2. The number of anilines is 2. The first-order valence-corrected chi connectivity index (χ1v) is 11.8. The molecule has 3 N–H and O–H groups in total. The lowest BCUT2D eigenvalue weighted by atomic mass is 10.2. The van der Waals surface area contributed by atoms with E-state index in [9.17, 15) is 14.4 Å². The molecular weight excluding hydrogens is 452 g/mol. The maximum Gasteiger partial charge on any atom is 0.330 e. The summed E-state index contributed by atoms with van der Waals surface area (Å²) in [5.74, 6) is 1.31. The number of unbranched alkanes of at least 4 members (excludes halogenated alkanes) is 1. The number of nitrogens with zero attached hydrogens (tertiary/aromatic N) is 2. The average Bonchev–Trinajstić information content (AvgIpc) is 3.35. The van der Waals surface area contributed by atoms with Crippen molar-refractivity contribution < 1.29 is 18.7 Å². The highest BCUT2D eigenvalue weighted by atomic mass is 16.5. The van der Waals surface area contributed by atoms with E-state index in [0.29, 0.717) is 43.3 Å². The summed E-state index contributed by atoms with van der Waals surface area (Å²) in [6.45, 7) is 4.99. The van der Waals surface area contributed by atoms with Crippen LogP contribution in [0.3, 0.4) is 0 Å². The van der Waals surface area contributed by atoms with Gasteiger partial charge in [-0.25, -0.2) is 4.79 Å². The van der Waals surface area contributed by atoms with E-state index in [1.54, 1.807) is 18.2 Å². The number of hydrogen-bond acceptors (Lipinski definition) is 7. The summed E-state index contributed by atoms with van der Waals surface area (Å²) in [7, 11) is 0. The summed E-state index contributed by atoms with van der Waals surface area (Å²) in [4.78, 5) is 41.9. The predicted molar refractivity (Wildman–Crippen MR) is 133 cm³/mol. The fraction of sp³-hybridized carbons (Fsp3) is 0.400. The first-order valence-electron chi connectivity index (χ1n) is 11.8. The van der Waals surface area contributed by atoms with Crippen molar-refractivity contribution in [1.29, 1.82) is 0 Å². The molecule has 0 radical (unpaired) electrons. The summed E-state index contributed by atoms with van der Waals surface area (Å²) in [5, 5.41) is 0. The molecule has 3 aromatic rings. The molecule has 2 aromatic heterocycles. The molecule has 0 unspecified atom stereocenters. The molecule has 0 spiro atoms. The van der Waals surface area contributed by atoms with Gasteiger partial charge in [0, 0.05) is 13.0 Å². The summed E-state index contributed by atoms with van der Waals surface area (Å²) in [5.41, 5.74) is 4.86. The summed E-state index contributed by atoms with van der Waals surface area (Å²) >= 11 is 0. The van der Waals surface area contributed by atoms with Crippen LogP contribution in [0.15, 0.2) is 56.7 Å². The molecule has 0 aliphatic carbocycles. The number of benzene rings is 1. The van der Waals surface area contributed by atoms with Crippen LogP contribution in [-0.4, -0.2) is 28.7 Å². The highest BCUT2D eigenvalue weighted by Crippen LogP contribution is 2.27. The Morgan fingerprint density at radius 3 is 2.49 bits per heavy atom. The zero-order chi connectivity index (χ0) is 25.2. The molecule has 0 saturated carbocycles. The third-order valence-electron chi connectivity index (χ3n) is 5.36. The van der Waals surface area contributed by atoms with Crippen LogP contribution < -0.4 is 31.4 Å². The number of aromatic nitrogens is 2. The standard InChI is InChI=1S/C25H32N4O6/c1-3-5-14-28-23(26)22(24(31)27-25(28)32)29(17-18-10-8-15-34-18)21(30)13-9-16-35-20-12-7-6-11-19(20)33-4-2/h6-8,10-12,15H,3-5,9,13-14,16-17,26H2,1-2H3,(H,27,31,32). The Kier molecular flexibility index (Phi) is 9.16. The second kappa shape index (κ2) is 12.5. The van der Waals surface area contributed by atoms with Crippen LogP contribution in [0.2, 0.25) is 0 Å². The van der Waals surface area contributed by atoms with Gasteiger partial charge in [0.1, 0.15) is 11.6 Å². The SMILES string of the molecule is CCCCn1c(N)c(N(Cc2ccco2)C(=O)CCCOc2ccccc2OCC)c(=O)[nH]c1=O. The third-order valence-corrected chi connectivity index (χ3v) is 5.36. The van der Waals surface area contributed by atoms with Crippen molar-refractivity contribution in [3.05, 3.63) is 69.3 Å². The van der Waals surface area contributed by atoms with Crippen LogP contribution in [-0.2, 0) is 17.9 Å². The van der Waals surface area contributed by atoms with Crippen molar-refractivity contribution >= 4 is 17.4 Å². The Bertz CT molecular complexity index is 1220. The highest BCUT2D eigenvalue weighted by molar-refractivity contribution is 5.95. The first-order chi connectivity index (χ1) is 17.0. The van der Waals surface area contributed by atoms with Crippen molar-refractivity contribution in [2.45, 2.75) is 52.6 Å². The largest absolute Gasteiger partial charge is 0.490 e. The van der Waals surface area contributed by atoms with Crippen LogP contribution in [0.5, 0.6) is 11.5 Å². The second-order valence-electron chi connectivity index (χ2n) is 7.89. The average molecular weight is 485 g/mol. The molecular formula is C25H32N4O6. The number of amides is 1. The Morgan fingerprint density at radius 2 is 1.83 bits per heavy atom. The molecule has 0 aliphatic heterocycles. The van der Waals surface area contributed by atoms with Crippen molar-refractivity contribution in [2.24, 2.45) is 0 Å². The van der Waals surface area contributed by atoms with Crippen molar-refractivity contribution in [2.75, 3.05) is 23.8 Å². The Balaban J connectivity index is 1.79. The van der Waals surface area contributed by atoms with Crippen molar-refractivity contribution in [3.8, 4) is 11.5 Å². The molecule has 2 heterocycles. The summed E-state index contributed by atoms with van der Waals surface area (Å²) in [6.07, 6.45) is 3.49. The number of aromatic amines is 1. The van der Waals surface area contributed by atoms with E-state index in [1.807, 2.05) is 32.0 Å². The first kappa shape index (κ1) is 25.7. The topological polar surface area (TPSA) is 133 Å². The Morgan fingerprint density at radius 1 is 1.09 bits per heavy atom. The lowest BCUT2D eigenvalue weighted by Crippen LogP contribution is -2.41. The molecule has 0 atom stereocenters. The molecule has 35 heavy (non-hydrogen) atoms. The van der Waals surface area contributed by atoms with Gasteiger partial charge in [0.15, 0.2) is 17.2 Å². The lowest BCUT2D eigenvalue weighted by Gasteiger charge is -2.24. The fourth-order valence-corrected chi connectivity index (χ4v) is 3.61. The van der Waals surface area contributed by atoms with Gasteiger partial charge in [-0.3, -0.25) is 24.0 Å². The van der Waals surface area contributed by atoms with E-state index in [-0.39, 0.29) is 37.0 Å². The highest BCUT2D eigenvalue weighted by Gasteiger charge is 2.25. The van der Waals surface area contributed by atoms with Gasteiger partial charge in [0.25, 0.3) is 5.56 Å². The number of rotatable bonds is 13. The number of para-hydroxylation sites is 2. The molecule has 1 aromatic carbocycles. The Labute approximate surface area is 203 Å². The number of carbonyl (C=O) groups is 1. The van der Waals surface area contributed by atoms with E-state index in [2.05, 4.69) is 4.98 Å². The molecule has 0 saturated heterocycles. The smallest absolute Gasteiger partial charge is 0.330 e. The molecule has 0 aliphatic rings. The van der Waals surface area contributed by atoms with Gasteiger partial charge in [0.2, 0.25) is 5.91 Å². The van der Waals surface area contributed by atoms with Gasteiger partial charge in [-0.1, -0.05) is 25.5 Å². The lowest BCUT2D eigenvalue weighted by molar-refractivity contribution is -0.119. The van der Waals surface area contributed by atoms with E-state index in [1.165, 1.54) is 15.7 Å². The minimum absolute atomic E-state index is 0.000868. The molecule has 3 rings (SSSR count). The third kappa shape index (κ3) is 6.56. The maximum absolute atomic E-state index is 13.3. The molecule has 0 bridgehead atoms. The molecule has 188 valence electrons. The van der Waals surface area contributed by atoms with Crippen LogP contribution in [0, 0.1) is 0 Å². The number of nitrogen functional groups attached to an aromatic ring is 1. The fourth-order valence-electron chi connectivity index (χ4n) is 3.61. The minimum atomic E-state index is -0.720. The van der Waals surface area contributed by atoms with Crippen LogP contribution >= 0.6 is 0 Å². The maximum atomic E-state index is 13.3. The van der Waals surface area contributed by atoms with Gasteiger partial charge in [0.05, 0.1) is 26.0 Å². The van der Waals surface area contributed by atoms with E-state index in [4.69, 9.17) is 19.6 Å². The van der Waals surface area contributed by atoms with Crippen molar-refractivity contribution in [3.63, 3.8) is 0 Å². The number of nitrogens with two attached hydrogens (primary N) is 1. The number of hydrogen-bond donors (Lipinski definition) is 2. The van der Waals surface area contributed by atoms with Crippen molar-refractivity contribution in [1.82, 2.24) is 9.55 Å². The minimum Gasteiger partial charge on any atom is -0.490 e. The van der Waals surface area contributed by atoms with E-state index >= 15 is 0 Å². The van der Waals surface area contributed by atoms with Gasteiger partial charge in [-0.2, -0.15) is 0 Å². The van der Waals surface area contributed by atoms with Crippen LogP contribution in [0.1, 0.15) is 45.3 Å². The van der Waals surface area contributed by atoms with E-state index in [0.717, 1.165) is 6.42 Å². The molecule has 10 nitrogen and oxygen atoms in total. The molecule has 0 fully saturated rings. The molecule has 1 amide bonds. The number of furan rings is 1. The Hall–Kier alpha value is -3.95. The zero-order valence-electron chi connectivity index (χ0n) is 20.1. The zero-order valence-corrected chi connectivity index (χ0v) is 20.1. The van der Waals surface area contributed by atoms with Gasteiger partial charge >= 0.3 is 5.69 Å². The monoisotopic (exact) mass is 484 g/mol. The van der Waals surface area contributed by atoms with Crippen LogP contribution in [0.4, 0.5) is 11.5 Å². The number of nitrogens with one attached hydrogen (secondary N) is 1. The van der Waals surface area contributed by atoms with Gasteiger partial charge < -0.3 is 19.6 Å². The van der Waals surface area contributed by atoms with Crippen LogP contribution in [0.25, 0.3) is 0 Å². The predicted octanol–water partition coefficient (Wildman–Crippen LogP) is 3.30. The van der Waals surface area contributed by atoms with Gasteiger partial charge in [-0.05, 0) is 44.0 Å². The molecule has 10 heteroatoms. The number of H-pyrrole nitrogens is 1. The van der Waals surface area contributed by atoms with E-state index < -0.39 is 11.2 Å². The number of carbonyl (C=O) groups excluding carboxylic acids is 1. The quantitative estimate of drug-likeness (QED) is 0.356. The second-order valence-corrected chi connectivity index (χ2v) is 7.89. The summed E-state index contributed by atoms with van der Waals surface area (Å²) in [6, 6.07) is 10.7.